The molecule has 0 spiro atoms. The number of imidazole rings is 1. The first-order chi connectivity index (χ1) is 13.0. The van der Waals surface area contributed by atoms with Crippen molar-refractivity contribution in [1.82, 2.24) is 9.55 Å². The van der Waals surface area contributed by atoms with Crippen molar-refractivity contribution in [3.63, 3.8) is 0 Å². The van der Waals surface area contributed by atoms with Crippen LogP contribution in [0.2, 0.25) is 15.1 Å². The van der Waals surface area contributed by atoms with Crippen LogP contribution in [0.5, 0.6) is 0 Å². The van der Waals surface area contributed by atoms with Crippen LogP contribution in [0.3, 0.4) is 0 Å². The molecule has 0 saturated heterocycles. The predicted molar refractivity (Wildman–Crippen MR) is 108 cm³/mol. The number of benzene rings is 2. The van der Waals surface area contributed by atoms with E-state index in [0.717, 1.165) is 12.0 Å². The number of aryl methyl sites for hydroxylation is 1. The summed E-state index contributed by atoms with van der Waals surface area (Å²) in [5.41, 5.74) is 1.30. The highest BCUT2D eigenvalue weighted by Gasteiger charge is 2.21. The fourth-order valence-electron chi connectivity index (χ4n) is 2.70. The van der Waals surface area contributed by atoms with E-state index in [-0.39, 0.29) is 21.7 Å². The van der Waals surface area contributed by atoms with Gasteiger partial charge in [0, 0.05) is 17.4 Å². The van der Waals surface area contributed by atoms with E-state index in [0.29, 0.717) is 18.0 Å². The first-order valence-corrected chi connectivity index (χ1v) is 9.51. The topological polar surface area (TPSA) is 44.1 Å². The molecule has 0 N–H and O–H groups in total. The number of carbonyl (C=O) groups excluding carboxylic acids is 1. The number of aromatic nitrogens is 2. The number of ether oxygens (including phenoxy) is 1. The molecule has 1 aromatic heterocycles. The van der Waals surface area contributed by atoms with Crippen LogP contribution in [0.4, 0.5) is 0 Å². The largest absolute Gasteiger partial charge is 0.457 e. The summed E-state index contributed by atoms with van der Waals surface area (Å²) < 4.78 is 7.60. The molecule has 0 aliphatic carbocycles. The van der Waals surface area contributed by atoms with Crippen molar-refractivity contribution < 1.29 is 9.53 Å². The Balaban J connectivity index is 1.73. The van der Waals surface area contributed by atoms with Crippen molar-refractivity contribution in [1.29, 1.82) is 0 Å². The van der Waals surface area contributed by atoms with Gasteiger partial charge < -0.3 is 9.30 Å². The van der Waals surface area contributed by atoms with Crippen LogP contribution in [-0.4, -0.2) is 21.6 Å². The van der Waals surface area contributed by atoms with Crippen LogP contribution in [0, 0.1) is 0 Å². The van der Waals surface area contributed by atoms with E-state index >= 15 is 0 Å². The van der Waals surface area contributed by atoms with E-state index in [1.807, 2.05) is 35.0 Å². The molecule has 0 fully saturated rings. The Morgan fingerprint density at radius 1 is 1.07 bits per heavy atom. The SMILES string of the molecule is O=C(OC(CCc1ccc(Cl)cc1)Cn1ccnc1)c1c(Cl)cccc1Cl. The third-order valence-corrected chi connectivity index (χ3v) is 4.96. The molecule has 0 saturated carbocycles. The molecular weight excluding hydrogens is 407 g/mol. The Morgan fingerprint density at radius 2 is 1.78 bits per heavy atom. The number of esters is 1. The standard InChI is InChI=1S/C20H17Cl3N2O2/c21-15-7-4-14(5-8-15)6-9-16(12-25-11-10-24-13-25)27-20(26)19-17(22)2-1-3-18(19)23/h1-5,7-8,10-11,13,16H,6,9,12H2. The Kier molecular flexibility index (Phi) is 6.78. The van der Waals surface area contributed by atoms with E-state index in [4.69, 9.17) is 39.5 Å². The molecule has 3 rings (SSSR count). The average Bonchev–Trinajstić information content (AvgIpc) is 3.14. The van der Waals surface area contributed by atoms with Gasteiger partial charge in [0.1, 0.15) is 6.10 Å². The van der Waals surface area contributed by atoms with Crippen molar-refractivity contribution in [3.05, 3.63) is 87.4 Å². The first kappa shape index (κ1) is 19.7. The lowest BCUT2D eigenvalue weighted by molar-refractivity contribution is 0.0240. The van der Waals surface area contributed by atoms with Gasteiger partial charge in [-0.15, -0.1) is 0 Å². The van der Waals surface area contributed by atoms with Gasteiger partial charge >= 0.3 is 5.97 Å². The molecule has 1 atom stereocenters. The van der Waals surface area contributed by atoms with Crippen LogP contribution in [0.15, 0.2) is 61.2 Å². The van der Waals surface area contributed by atoms with Crippen LogP contribution < -0.4 is 0 Å². The van der Waals surface area contributed by atoms with Crippen LogP contribution >= 0.6 is 34.8 Å². The van der Waals surface area contributed by atoms with Gasteiger partial charge in [-0.25, -0.2) is 9.78 Å². The van der Waals surface area contributed by atoms with Crippen molar-refractivity contribution in [2.45, 2.75) is 25.5 Å². The Hall–Kier alpha value is -2.01. The van der Waals surface area contributed by atoms with Crippen molar-refractivity contribution >= 4 is 40.8 Å². The second-order valence-electron chi connectivity index (χ2n) is 6.05. The monoisotopic (exact) mass is 422 g/mol. The Morgan fingerprint density at radius 3 is 2.41 bits per heavy atom. The van der Waals surface area contributed by atoms with Gasteiger partial charge in [0.2, 0.25) is 0 Å². The first-order valence-electron chi connectivity index (χ1n) is 8.38. The van der Waals surface area contributed by atoms with Gasteiger partial charge in [0.15, 0.2) is 0 Å². The lowest BCUT2D eigenvalue weighted by atomic mass is 10.1. The lowest BCUT2D eigenvalue weighted by Crippen LogP contribution is -2.24. The second-order valence-corrected chi connectivity index (χ2v) is 7.30. The maximum Gasteiger partial charge on any atom is 0.341 e. The van der Waals surface area contributed by atoms with E-state index in [1.165, 1.54) is 0 Å². The molecule has 1 heterocycles. The number of nitrogens with zero attached hydrogens (tertiary/aromatic N) is 2. The molecule has 140 valence electrons. The smallest absolute Gasteiger partial charge is 0.341 e. The van der Waals surface area contributed by atoms with E-state index in [2.05, 4.69) is 4.98 Å². The van der Waals surface area contributed by atoms with Gasteiger partial charge in [0.05, 0.1) is 28.5 Å². The normalized spacial score (nSPS) is 12.0. The number of hydrogen-bond donors (Lipinski definition) is 0. The summed E-state index contributed by atoms with van der Waals surface area (Å²) in [5, 5.41) is 1.23. The molecule has 7 heteroatoms. The summed E-state index contributed by atoms with van der Waals surface area (Å²) in [6, 6.07) is 12.5. The predicted octanol–water partition coefficient (Wildman–Crippen LogP) is 5.70. The van der Waals surface area contributed by atoms with Crippen LogP contribution in [0.1, 0.15) is 22.3 Å². The minimum Gasteiger partial charge on any atom is -0.457 e. The molecule has 0 bridgehead atoms. The van der Waals surface area contributed by atoms with Crippen molar-refractivity contribution in [3.8, 4) is 0 Å². The Labute approximate surface area is 172 Å². The molecule has 27 heavy (non-hydrogen) atoms. The Bertz CT molecular complexity index is 876. The molecule has 1 unspecified atom stereocenters. The number of hydrogen-bond acceptors (Lipinski definition) is 3. The molecule has 3 aromatic rings. The van der Waals surface area contributed by atoms with Gasteiger partial charge in [-0.05, 0) is 42.7 Å². The second kappa shape index (κ2) is 9.27. The summed E-state index contributed by atoms with van der Waals surface area (Å²) in [7, 11) is 0. The summed E-state index contributed by atoms with van der Waals surface area (Å²) in [6.45, 7) is 0.488. The molecule has 0 radical (unpaired) electrons. The highest BCUT2D eigenvalue weighted by atomic mass is 35.5. The fourth-order valence-corrected chi connectivity index (χ4v) is 3.38. The average molecular weight is 424 g/mol. The van der Waals surface area contributed by atoms with Crippen molar-refractivity contribution in [2.24, 2.45) is 0 Å². The maximum atomic E-state index is 12.6. The number of rotatable bonds is 7. The summed E-state index contributed by atoms with van der Waals surface area (Å²) in [6.07, 6.45) is 6.20. The van der Waals surface area contributed by atoms with Gasteiger partial charge in [0.25, 0.3) is 0 Å². The highest BCUT2D eigenvalue weighted by Crippen LogP contribution is 2.26. The zero-order valence-corrected chi connectivity index (χ0v) is 16.6. The van der Waals surface area contributed by atoms with Gasteiger partial charge in [-0.3, -0.25) is 0 Å². The minimum atomic E-state index is -0.535. The molecule has 0 aliphatic rings. The third-order valence-electron chi connectivity index (χ3n) is 4.08. The lowest BCUT2D eigenvalue weighted by Gasteiger charge is -2.19. The highest BCUT2D eigenvalue weighted by molar-refractivity contribution is 6.39. The third kappa shape index (κ3) is 5.48. The molecule has 0 amide bonds. The number of halogens is 3. The molecule has 2 aromatic carbocycles. The zero-order chi connectivity index (χ0) is 19.2. The quantitative estimate of drug-likeness (QED) is 0.458. The minimum absolute atomic E-state index is 0.183. The van der Waals surface area contributed by atoms with Gasteiger partial charge in [-0.1, -0.05) is 53.0 Å². The molecule has 0 aliphatic heterocycles. The number of carbonyl (C=O) groups is 1. The zero-order valence-electron chi connectivity index (χ0n) is 14.3. The fraction of sp³-hybridized carbons (Fsp3) is 0.200. The van der Waals surface area contributed by atoms with E-state index < -0.39 is 5.97 Å². The summed E-state index contributed by atoms with van der Waals surface area (Å²) >= 11 is 18.2. The summed E-state index contributed by atoms with van der Waals surface area (Å²) in [5.74, 6) is -0.535. The molecular formula is C20H17Cl3N2O2. The van der Waals surface area contributed by atoms with E-state index in [9.17, 15) is 4.79 Å². The van der Waals surface area contributed by atoms with Crippen LogP contribution in [-0.2, 0) is 17.7 Å². The summed E-state index contributed by atoms with van der Waals surface area (Å²) in [4.78, 5) is 16.7. The van der Waals surface area contributed by atoms with Gasteiger partial charge in [-0.2, -0.15) is 0 Å². The van der Waals surface area contributed by atoms with Crippen molar-refractivity contribution in [2.75, 3.05) is 0 Å². The van der Waals surface area contributed by atoms with Crippen LogP contribution in [0.25, 0.3) is 0 Å². The van der Waals surface area contributed by atoms with E-state index in [1.54, 1.807) is 30.7 Å². The molecule has 4 nitrogen and oxygen atoms in total. The maximum absolute atomic E-state index is 12.6.